The number of amides is 1. The molecule has 1 atom stereocenters. The summed E-state index contributed by atoms with van der Waals surface area (Å²) in [5.74, 6) is 1.68. The van der Waals surface area contributed by atoms with Crippen LogP contribution in [-0.4, -0.2) is 36.5 Å². The quantitative estimate of drug-likeness (QED) is 0.890. The molecule has 2 saturated carbocycles. The van der Waals surface area contributed by atoms with Crippen LogP contribution in [0.1, 0.15) is 68.4 Å². The lowest BCUT2D eigenvalue weighted by Crippen LogP contribution is -2.42. The molecule has 1 heterocycles. The highest BCUT2D eigenvalue weighted by Crippen LogP contribution is 2.52. The summed E-state index contributed by atoms with van der Waals surface area (Å²) in [6, 6.07) is 9.47. The number of fused-ring (bicyclic) bond motifs is 2. The smallest absolute Gasteiger partial charge is 0.220 e. The average molecular weight is 338 g/mol. The Labute approximate surface area is 151 Å². The number of carbonyl (C=O) groups excluding carboxylic acids is 1. The molecule has 1 spiro atoms. The van der Waals surface area contributed by atoms with Crippen LogP contribution in [0.2, 0.25) is 0 Å². The van der Waals surface area contributed by atoms with E-state index >= 15 is 0 Å². The van der Waals surface area contributed by atoms with Gasteiger partial charge in [0.1, 0.15) is 0 Å². The van der Waals surface area contributed by atoms with Crippen molar-refractivity contribution in [3.63, 3.8) is 0 Å². The predicted molar refractivity (Wildman–Crippen MR) is 99.7 cm³/mol. The largest absolute Gasteiger partial charge is 0.353 e. The Hall–Kier alpha value is -1.35. The van der Waals surface area contributed by atoms with Crippen molar-refractivity contribution < 1.29 is 4.79 Å². The predicted octanol–water partition coefficient (Wildman–Crippen LogP) is 3.59. The standard InChI is InChI=1S/C22H30N2O/c25-21(23-18-7-8-18)13-17-14-22(20-4-2-1-3-19(17)20)9-11-24(12-10-22)15-16-5-6-16/h1-4,16-18H,5-15H2,(H,23,25). The SMILES string of the molecule is O=C(CC1CC2(CCN(CC3CC3)CC2)c2ccccc21)NC1CC1. The number of rotatable bonds is 5. The normalized spacial score (nSPS) is 28.1. The van der Waals surface area contributed by atoms with Crippen molar-refractivity contribution in [2.45, 2.75) is 68.7 Å². The van der Waals surface area contributed by atoms with Crippen molar-refractivity contribution in [1.29, 1.82) is 0 Å². The van der Waals surface area contributed by atoms with Gasteiger partial charge in [0.2, 0.25) is 5.91 Å². The summed E-state index contributed by atoms with van der Waals surface area (Å²) in [5, 5.41) is 3.19. The van der Waals surface area contributed by atoms with E-state index in [1.807, 2.05) is 0 Å². The molecule has 5 rings (SSSR count). The first-order valence-electron chi connectivity index (χ1n) is 10.3. The van der Waals surface area contributed by atoms with Gasteiger partial charge in [0.05, 0.1) is 0 Å². The second-order valence-electron chi connectivity index (χ2n) is 9.06. The maximum absolute atomic E-state index is 12.4. The molecule has 0 aromatic heterocycles. The third-order valence-corrected chi connectivity index (χ3v) is 7.01. The van der Waals surface area contributed by atoms with Crippen molar-refractivity contribution in [2.24, 2.45) is 5.92 Å². The molecule has 3 nitrogen and oxygen atoms in total. The van der Waals surface area contributed by atoms with Crippen LogP contribution < -0.4 is 5.32 Å². The van der Waals surface area contributed by atoms with Crippen molar-refractivity contribution in [2.75, 3.05) is 19.6 Å². The number of nitrogens with one attached hydrogen (secondary N) is 1. The zero-order valence-corrected chi connectivity index (χ0v) is 15.2. The van der Waals surface area contributed by atoms with Gasteiger partial charge in [-0.1, -0.05) is 24.3 Å². The van der Waals surface area contributed by atoms with E-state index in [9.17, 15) is 4.79 Å². The van der Waals surface area contributed by atoms with Gasteiger partial charge in [-0.25, -0.2) is 0 Å². The summed E-state index contributed by atoms with van der Waals surface area (Å²) < 4.78 is 0. The molecule has 1 saturated heterocycles. The van der Waals surface area contributed by atoms with Crippen LogP contribution >= 0.6 is 0 Å². The Kier molecular flexibility index (Phi) is 3.89. The lowest BCUT2D eigenvalue weighted by molar-refractivity contribution is -0.121. The number of hydrogen-bond donors (Lipinski definition) is 1. The summed E-state index contributed by atoms with van der Waals surface area (Å²) >= 11 is 0. The Bertz CT molecular complexity index is 654. The number of likely N-dealkylation sites (tertiary alicyclic amines) is 1. The van der Waals surface area contributed by atoms with E-state index in [0.29, 0.717) is 23.8 Å². The molecule has 1 aromatic carbocycles. The fourth-order valence-electron chi connectivity index (χ4n) is 5.25. The summed E-state index contributed by atoms with van der Waals surface area (Å²) in [6.45, 7) is 3.81. The molecule has 1 aliphatic heterocycles. The van der Waals surface area contributed by atoms with Gasteiger partial charge in [-0.15, -0.1) is 0 Å². The van der Waals surface area contributed by atoms with E-state index in [1.54, 1.807) is 5.56 Å². The highest BCUT2D eigenvalue weighted by atomic mass is 16.1. The molecule has 1 aromatic rings. The van der Waals surface area contributed by atoms with Crippen molar-refractivity contribution in [3.8, 4) is 0 Å². The monoisotopic (exact) mass is 338 g/mol. The first kappa shape index (κ1) is 15.9. The van der Waals surface area contributed by atoms with E-state index in [1.165, 1.54) is 70.1 Å². The first-order chi connectivity index (χ1) is 12.2. The van der Waals surface area contributed by atoms with Gasteiger partial charge in [-0.2, -0.15) is 0 Å². The average Bonchev–Trinajstić information content (AvgIpc) is 3.54. The van der Waals surface area contributed by atoms with Crippen molar-refractivity contribution in [3.05, 3.63) is 35.4 Å². The van der Waals surface area contributed by atoms with Crippen LogP contribution in [0, 0.1) is 5.92 Å². The van der Waals surface area contributed by atoms with Crippen molar-refractivity contribution in [1.82, 2.24) is 10.2 Å². The highest BCUT2D eigenvalue weighted by molar-refractivity contribution is 5.78. The van der Waals surface area contributed by atoms with Crippen LogP contribution in [0.15, 0.2) is 24.3 Å². The minimum Gasteiger partial charge on any atom is -0.353 e. The van der Waals surface area contributed by atoms with Gasteiger partial charge in [-0.05, 0) is 86.4 Å². The van der Waals surface area contributed by atoms with Gasteiger partial charge in [-0.3, -0.25) is 4.79 Å². The molecular formula is C22H30N2O. The van der Waals surface area contributed by atoms with Crippen LogP contribution in [0.4, 0.5) is 0 Å². The Morgan fingerprint density at radius 3 is 2.60 bits per heavy atom. The van der Waals surface area contributed by atoms with E-state index in [-0.39, 0.29) is 5.91 Å². The van der Waals surface area contributed by atoms with Crippen molar-refractivity contribution >= 4 is 5.91 Å². The molecule has 1 unspecified atom stereocenters. The third-order valence-electron chi connectivity index (χ3n) is 7.01. The third kappa shape index (κ3) is 3.23. The molecule has 3 fully saturated rings. The molecule has 134 valence electrons. The highest BCUT2D eigenvalue weighted by Gasteiger charge is 2.46. The lowest BCUT2D eigenvalue weighted by atomic mass is 9.73. The molecule has 4 aliphatic rings. The Morgan fingerprint density at radius 2 is 1.88 bits per heavy atom. The minimum absolute atomic E-state index is 0.269. The molecule has 3 heteroatoms. The summed E-state index contributed by atoms with van der Waals surface area (Å²) in [5.41, 5.74) is 3.36. The van der Waals surface area contributed by atoms with Crippen LogP contribution in [0.3, 0.4) is 0 Å². The topological polar surface area (TPSA) is 32.3 Å². The van der Waals surface area contributed by atoms with E-state index in [2.05, 4.69) is 34.5 Å². The molecule has 1 amide bonds. The Balaban J connectivity index is 1.30. The molecule has 3 aliphatic carbocycles. The van der Waals surface area contributed by atoms with Gasteiger partial charge >= 0.3 is 0 Å². The number of benzene rings is 1. The maximum Gasteiger partial charge on any atom is 0.220 e. The van der Waals surface area contributed by atoms with Gasteiger partial charge in [0, 0.05) is 19.0 Å². The zero-order chi connectivity index (χ0) is 16.9. The molecule has 1 N–H and O–H groups in total. The fourth-order valence-corrected chi connectivity index (χ4v) is 5.25. The molecular weight excluding hydrogens is 308 g/mol. The number of piperidine rings is 1. The molecule has 0 radical (unpaired) electrons. The van der Waals surface area contributed by atoms with E-state index in [4.69, 9.17) is 0 Å². The van der Waals surface area contributed by atoms with Crippen LogP contribution in [0.5, 0.6) is 0 Å². The van der Waals surface area contributed by atoms with Crippen LogP contribution in [0.25, 0.3) is 0 Å². The van der Waals surface area contributed by atoms with E-state index < -0.39 is 0 Å². The van der Waals surface area contributed by atoms with Crippen LogP contribution in [-0.2, 0) is 10.2 Å². The van der Waals surface area contributed by atoms with Gasteiger partial charge < -0.3 is 10.2 Å². The van der Waals surface area contributed by atoms with Gasteiger partial charge in [0.15, 0.2) is 0 Å². The number of carbonyl (C=O) groups is 1. The second-order valence-corrected chi connectivity index (χ2v) is 9.06. The summed E-state index contributed by atoms with van der Waals surface area (Å²) in [6.07, 6.45) is 9.66. The number of nitrogens with zero attached hydrogens (tertiary/aromatic N) is 1. The second kappa shape index (κ2) is 6.12. The minimum atomic E-state index is 0.269. The van der Waals surface area contributed by atoms with E-state index in [0.717, 1.165) is 5.92 Å². The zero-order valence-electron chi connectivity index (χ0n) is 15.2. The lowest BCUT2D eigenvalue weighted by Gasteiger charge is -2.40. The first-order valence-corrected chi connectivity index (χ1v) is 10.3. The summed E-state index contributed by atoms with van der Waals surface area (Å²) in [7, 11) is 0. The number of hydrogen-bond acceptors (Lipinski definition) is 2. The maximum atomic E-state index is 12.4. The molecule has 25 heavy (non-hydrogen) atoms. The fraction of sp³-hybridized carbons (Fsp3) is 0.682. The Morgan fingerprint density at radius 1 is 1.12 bits per heavy atom. The summed E-state index contributed by atoms with van der Waals surface area (Å²) in [4.78, 5) is 15.1. The van der Waals surface area contributed by atoms with Gasteiger partial charge in [0.25, 0.3) is 0 Å². The molecule has 0 bridgehead atoms.